The highest BCUT2D eigenvalue weighted by molar-refractivity contribution is 5.86. The molecule has 4 atom stereocenters. The number of fused-ring (bicyclic) bond motifs is 2. The van der Waals surface area contributed by atoms with Gasteiger partial charge in [-0.1, -0.05) is 18.2 Å². The number of carbonyl (C=O) groups is 2. The Bertz CT molecular complexity index is 570. The van der Waals surface area contributed by atoms with E-state index in [0.717, 1.165) is 18.5 Å². The second-order valence-electron chi connectivity index (χ2n) is 5.72. The molecule has 2 bridgehead atoms. The average molecular weight is 286 g/mol. The molecule has 1 aromatic heterocycles. The van der Waals surface area contributed by atoms with Crippen LogP contribution < -0.4 is 5.32 Å². The zero-order chi connectivity index (χ0) is 14.8. The van der Waals surface area contributed by atoms with Crippen LogP contribution in [0.5, 0.6) is 0 Å². The molecule has 5 nitrogen and oxygen atoms in total. The molecule has 1 heterocycles. The molecular weight excluding hydrogens is 268 g/mol. The van der Waals surface area contributed by atoms with E-state index in [1.807, 2.05) is 30.4 Å². The average Bonchev–Trinajstić information content (AvgIpc) is 2.53. The second-order valence-corrected chi connectivity index (χ2v) is 5.72. The predicted molar refractivity (Wildman–Crippen MR) is 76.1 cm³/mol. The molecule has 1 amide bonds. The Morgan fingerprint density at radius 3 is 2.48 bits per heavy atom. The predicted octanol–water partition coefficient (Wildman–Crippen LogP) is 1.61. The first kappa shape index (κ1) is 13.8. The van der Waals surface area contributed by atoms with Crippen LogP contribution in [0.25, 0.3) is 0 Å². The molecule has 21 heavy (non-hydrogen) atoms. The van der Waals surface area contributed by atoms with Gasteiger partial charge in [-0.05, 0) is 36.8 Å². The number of carbonyl (C=O) groups excluding carboxylic acids is 1. The topological polar surface area (TPSA) is 79.3 Å². The second kappa shape index (κ2) is 5.68. The fraction of sp³-hybridized carbons (Fsp3) is 0.438. The molecule has 2 N–H and O–H groups in total. The summed E-state index contributed by atoms with van der Waals surface area (Å²) in [7, 11) is 0. The number of carboxylic acids is 1. The van der Waals surface area contributed by atoms with Gasteiger partial charge in [-0.2, -0.15) is 0 Å². The third-order valence-electron chi connectivity index (χ3n) is 4.51. The molecule has 5 heteroatoms. The summed E-state index contributed by atoms with van der Waals surface area (Å²) >= 11 is 0. The molecule has 4 rings (SSSR count). The van der Waals surface area contributed by atoms with E-state index in [0.29, 0.717) is 6.54 Å². The molecule has 1 aromatic rings. The van der Waals surface area contributed by atoms with Crippen LogP contribution in [0.15, 0.2) is 36.5 Å². The maximum absolute atomic E-state index is 12.4. The highest BCUT2D eigenvalue weighted by Crippen LogP contribution is 2.45. The number of aromatic nitrogens is 1. The number of rotatable bonds is 4. The van der Waals surface area contributed by atoms with E-state index in [4.69, 9.17) is 0 Å². The van der Waals surface area contributed by atoms with Crippen molar-refractivity contribution in [2.45, 2.75) is 19.4 Å². The van der Waals surface area contributed by atoms with E-state index in [1.165, 1.54) is 0 Å². The summed E-state index contributed by atoms with van der Waals surface area (Å²) in [5, 5.41) is 12.3. The number of hydrogen-bond acceptors (Lipinski definition) is 3. The first-order valence-corrected chi connectivity index (χ1v) is 7.25. The lowest BCUT2D eigenvalue weighted by molar-refractivity contribution is -0.153. The number of carboxylic acid groups (broad SMARTS) is 1. The van der Waals surface area contributed by atoms with E-state index in [9.17, 15) is 14.7 Å². The van der Waals surface area contributed by atoms with Crippen LogP contribution in [-0.2, 0) is 16.1 Å². The number of hydrogen-bond donors (Lipinski definition) is 2. The molecule has 0 unspecified atom stereocenters. The number of allylic oxidation sites excluding steroid dienone is 2. The Kier molecular flexibility index (Phi) is 3.73. The molecule has 0 aliphatic heterocycles. The first-order chi connectivity index (χ1) is 10.2. The van der Waals surface area contributed by atoms with Crippen molar-refractivity contribution in [1.82, 2.24) is 10.3 Å². The largest absolute Gasteiger partial charge is 0.481 e. The van der Waals surface area contributed by atoms with Crippen molar-refractivity contribution in [2.24, 2.45) is 23.7 Å². The van der Waals surface area contributed by atoms with Crippen LogP contribution in [0.2, 0.25) is 0 Å². The molecule has 3 aliphatic rings. The molecule has 0 radical (unpaired) electrons. The number of aliphatic carboxylic acids is 1. The number of nitrogens with zero attached hydrogens (tertiary/aromatic N) is 1. The SMILES string of the molecule is O=C(NCc1ccccn1)[C@@H]1[C@H](C(=O)O)[C@@H]2C=C[C@H]1CC2. The minimum absolute atomic E-state index is 0.0156. The van der Waals surface area contributed by atoms with E-state index < -0.39 is 17.8 Å². The van der Waals surface area contributed by atoms with Crippen LogP contribution in [0.1, 0.15) is 18.5 Å². The zero-order valence-corrected chi connectivity index (χ0v) is 11.6. The van der Waals surface area contributed by atoms with Crippen molar-refractivity contribution in [3.05, 3.63) is 42.2 Å². The maximum Gasteiger partial charge on any atom is 0.307 e. The fourth-order valence-corrected chi connectivity index (χ4v) is 3.49. The molecule has 1 saturated carbocycles. The lowest BCUT2D eigenvalue weighted by Crippen LogP contribution is -2.48. The standard InChI is InChI=1S/C16H18N2O3/c19-15(18-9-12-3-1-2-8-17-12)13-10-4-6-11(7-5-10)14(13)16(20)21/h1-4,6,8,10-11,13-14H,5,7,9H2,(H,18,19)(H,20,21)/t10-,11+,13-,14+/m0/s1. The lowest BCUT2D eigenvalue weighted by Gasteiger charge is -2.41. The highest BCUT2D eigenvalue weighted by atomic mass is 16.4. The Morgan fingerprint density at radius 2 is 1.90 bits per heavy atom. The van der Waals surface area contributed by atoms with Crippen molar-refractivity contribution in [3.63, 3.8) is 0 Å². The van der Waals surface area contributed by atoms with Gasteiger partial charge in [-0.3, -0.25) is 14.6 Å². The van der Waals surface area contributed by atoms with Crippen LogP contribution in [0, 0.1) is 23.7 Å². The van der Waals surface area contributed by atoms with Gasteiger partial charge < -0.3 is 10.4 Å². The van der Waals surface area contributed by atoms with Gasteiger partial charge in [0.2, 0.25) is 5.91 Å². The number of pyridine rings is 1. The molecular formula is C16H18N2O3. The molecule has 1 fully saturated rings. The summed E-state index contributed by atoms with van der Waals surface area (Å²) in [5.74, 6) is -2.08. The quantitative estimate of drug-likeness (QED) is 0.824. The molecule has 0 aromatic carbocycles. The van der Waals surface area contributed by atoms with Gasteiger partial charge >= 0.3 is 5.97 Å². The molecule has 0 saturated heterocycles. The van der Waals surface area contributed by atoms with Gasteiger partial charge in [-0.15, -0.1) is 0 Å². The zero-order valence-electron chi connectivity index (χ0n) is 11.6. The minimum Gasteiger partial charge on any atom is -0.481 e. The fourth-order valence-electron chi connectivity index (χ4n) is 3.49. The van der Waals surface area contributed by atoms with E-state index in [2.05, 4.69) is 10.3 Å². The summed E-state index contributed by atoms with van der Waals surface area (Å²) in [4.78, 5) is 28.1. The summed E-state index contributed by atoms with van der Waals surface area (Å²) < 4.78 is 0. The highest BCUT2D eigenvalue weighted by Gasteiger charge is 2.48. The monoisotopic (exact) mass is 286 g/mol. The van der Waals surface area contributed by atoms with Crippen LogP contribution in [0.3, 0.4) is 0 Å². The Balaban J connectivity index is 1.71. The first-order valence-electron chi connectivity index (χ1n) is 7.25. The third kappa shape index (κ3) is 2.68. The smallest absolute Gasteiger partial charge is 0.307 e. The normalized spacial score (nSPS) is 30.1. The maximum atomic E-state index is 12.4. The van der Waals surface area contributed by atoms with Crippen molar-refractivity contribution in [1.29, 1.82) is 0 Å². The van der Waals surface area contributed by atoms with Gasteiger partial charge in [-0.25, -0.2) is 0 Å². The van der Waals surface area contributed by atoms with E-state index >= 15 is 0 Å². The number of nitrogens with one attached hydrogen (secondary N) is 1. The van der Waals surface area contributed by atoms with Gasteiger partial charge in [0.25, 0.3) is 0 Å². The van der Waals surface area contributed by atoms with Crippen molar-refractivity contribution < 1.29 is 14.7 Å². The van der Waals surface area contributed by atoms with E-state index in [-0.39, 0.29) is 17.7 Å². The number of amides is 1. The summed E-state index contributed by atoms with van der Waals surface area (Å²) in [6.07, 6.45) is 7.41. The van der Waals surface area contributed by atoms with Gasteiger partial charge in [0.05, 0.1) is 24.1 Å². The Hall–Kier alpha value is -2.17. The molecule has 0 spiro atoms. The summed E-state index contributed by atoms with van der Waals surface area (Å²) in [6.45, 7) is 0.337. The third-order valence-corrected chi connectivity index (χ3v) is 4.51. The summed E-state index contributed by atoms with van der Waals surface area (Å²) in [6, 6.07) is 5.51. The summed E-state index contributed by atoms with van der Waals surface area (Å²) in [5.41, 5.74) is 0.772. The minimum atomic E-state index is -0.868. The van der Waals surface area contributed by atoms with Gasteiger partial charge in [0.15, 0.2) is 0 Å². The van der Waals surface area contributed by atoms with Crippen LogP contribution in [-0.4, -0.2) is 22.0 Å². The van der Waals surface area contributed by atoms with Crippen molar-refractivity contribution >= 4 is 11.9 Å². The Labute approximate surface area is 123 Å². The van der Waals surface area contributed by atoms with Crippen LogP contribution in [0.4, 0.5) is 0 Å². The lowest BCUT2D eigenvalue weighted by atomic mass is 9.62. The van der Waals surface area contributed by atoms with Gasteiger partial charge in [0.1, 0.15) is 0 Å². The van der Waals surface area contributed by atoms with Gasteiger partial charge in [0, 0.05) is 6.20 Å². The van der Waals surface area contributed by atoms with Crippen molar-refractivity contribution in [2.75, 3.05) is 0 Å². The van der Waals surface area contributed by atoms with E-state index in [1.54, 1.807) is 6.20 Å². The molecule has 3 aliphatic carbocycles. The van der Waals surface area contributed by atoms with Crippen molar-refractivity contribution in [3.8, 4) is 0 Å². The Morgan fingerprint density at radius 1 is 1.19 bits per heavy atom. The molecule has 110 valence electrons. The van der Waals surface area contributed by atoms with Crippen LogP contribution >= 0.6 is 0 Å².